The van der Waals surface area contributed by atoms with Gasteiger partial charge in [0.2, 0.25) is 0 Å². The van der Waals surface area contributed by atoms with Crippen LogP contribution in [-0.2, 0) is 22.5 Å². The molecule has 6 N–H and O–H groups in total. The highest BCUT2D eigenvalue weighted by Gasteiger charge is 2.36. The molecule has 0 bridgehead atoms. The Balaban J connectivity index is 4.42. The lowest BCUT2D eigenvalue weighted by molar-refractivity contribution is 0.124. The number of hydrogen-bond acceptors (Lipinski definition) is 7. The molecule has 0 aromatic carbocycles. The van der Waals surface area contributed by atoms with E-state index in [4.69, 9.17) is 21.3 Å². The van der Waals surface area contributed by atoms with Crippen LogP contribution in [0.15, 0.2) is 0 Å². The van der Waals surface area contributed by atoms with Crippen LogP contribution < -0.4 is 11.5 Å². The van der Waals surface area contributed by atoms with E-state index in [9.17, 15) is 9.13 Å². The highest BCUT2D eigenvalue weighted by Crippen LogP contribution is 2.60. The van der Waals surface area contributed by atoms with Gasteiger partial charge in [-0.3, -0.25) is 9.05 Å². The number of nitrogens with two attached hydrogens (primary N) is 2. The summed E-state index contributed by atoms with van der Waals surface area (Å²) >= 11 is 0. The third kappa shape index (κ3) is 7.99. The minimum Gasteiger partial charge on any atom is -0.328 e. The van der Waals surface area contributed by atoms with Crippen molar-refractivity contribution in [3.8, 4) is 0 Å². The van der Waals surface area contributed by atoms with Crippen LogP contribution in [0.1, 0.15) is 13.3 Å². The fourth-order valence-corrected chi connectivity index (χ4v) is 3.10. The van der Waals surface area contributed by atoms with Crippen LogP contribution in [0.3, 0.4) is 0 Å². The standard InChI is InChI=1S/C6H18N2O7P2/c1-2-3-13-16(9,10)15-17(11,12)14-6(4-7)5-8/h6H,2-5,7-8H2,1H3,(H,9,10)(H,11,12). The summed E-state index contributed by atoms with van der Waals surface area (Å²) in [5.74, 6) is 0. The van der Waals surface area contributed by atoms with Crippen LogP contribution in [0.5, 0.6) is 0 Å². The van der Waals surface area contributed by atoms with Crippen LogP contribution in [0, 0.1) is 0 Å². The Hall–Kier alpha value is 0.180. The fraction of sp³-hybridized carbons (Fsp3) is 1.00. The molecule has 0 aliphatic rings. The van der Waals surface area contributed by atoms with Crippen molar-refractivity contribution in [2.24, 2.45) is 11.5 Å². The highest BCUT2D eigenvalue weighted by molar-refractivity contribution is 7.61. The van der Waals surface area contributed by atoms with Crippen molar-refractivity contribution in [2.75, 3.05) is 19.7 Å². The molecule has 11 heteroatoms. The first kappa shape index (κ1) is 17.2. The minimum absolute atomic E-state index is 0.0923. The Labute approximate surface area is 99.3 Å². The lowest BCUT2D eigenvalue weighted by atomic mass is 10.4. The lowest BCUT2D eigenvalue weighted by Crippen LogP contribution is -2.30. The second-order valence-electron chi connectivity index (χ2n) is 3.05. The molecule has 2 unspecified atom stereocenters. The summed E-state index contributed by atoms with van der Waals surface area (Å²) in [7, 11) is -9.37. The molecule has 0 rings (SSSR count). The third-order valence-electron chi connectivity index (χ3n) is 1.47. The van der Waals surface area contributed by atoms with Crippen LogP contribution in [0.25, 0.3) is 0 Å². The maximum Gasteiger partial charge on any atom is 0.481 e. The first-order chi connectivity index (χ1) is 7.76. The summed E-state index contributed by atoms with van der Waals surface area (Å²) < 4.78 is 35.4. The van der Waals surface area contributed by atoms with E-state index < -0.39 is 21.7 Å². The first-order valence-corrected chi connectivity index (χ1v) is 7.85. The van der Waals surface area contributed by atoms with Gasteiger partial charge in [-0.1, -0.05) is 6.92 Å². The molecule has 104 valence electrons. The predicted octanol–water partition coefficient (Wildman–Crippen LogP) is -0.0670. The summed E-state index contributed by atoms with van der Waals surface area (Å²) in [6, 6.07) is 0. The third-order valence-corrected chi connectivity index (χ3v) is 4.20. The van der Waals surface area contributed by atoms with E-state index in [2.05, 4.69) is 13.4 Å². The molecule has 0 heterocycles. The zero-order valence-corrected chi connectivity index (χ0v) is 11.2. The van der Waals surface area contributed by atoms with Crippen molar-refractivity contribution in [1.82, 2.24) is 0 Å². The number of phosphoric acid groups is 2. The Kier molecular flexibility index (Phi) is 7.66. The Morgan fingerprint density at radius 3 is 2.12 bits per heavy atom. The van der Waals surface area contributed by atoms with Gasteiger partial charge in [0.05, 0.1) is 12.7 Å². The maximum atomic E-state index is 11.3. The molecule has 0 aliphatic carbocycles. The molecular weight excluding hydrogens is 274 g/mol. The van der Waals surface area contributed by atoms with E-state index in [1.54, 1.807) is 6.92 Å². The molecule has 0 aliphatic heterocycles. The van der Waals surface area contributed by atoms with Gasteiger partial charge in [-0.15, -0.1) is 0 Å². The van der Waals surface area contributed by atoms with E-state index in [0.29, 0.717) is 6.42 Å². The van der Waals surface area contributed by atoms with Crippen molar-refractivity contribution in [3.05, 3.63) is 0 Å². The summed E-state index contributed by atoms with van der Waals surface area (Å²) in [4.78, 5) is 18.2. The number of rotatable bonds is 9. The van der Waals surface area contributed by atoms with E-state index in [1.165, 1.54) is 0 Å². The molecule has 2 atom stereocenters. The van der Waals surface area contributed by atoms with Gasteiger partial charge >= 0.3 is 15.6 Å². The predicted molar refractivity (Wildman–Crippen MR) is 60.0 cm³/mol. The second-order valence-corrected chi connectivity index (χ2v) is 6.05. The number of phosphoric ester groups is 2. The minimum atomic E-state index is -4.74. The molecule has 9 nitrogen and oxygen atoms in total. The zero-order valence-electron chi connectivity index (χ0n) is 9.39. The highest BCUT2D eigenvalue weighted by atomic mass is 31.3. The molecule has 0 fully saturated rings. The normalized spacial score (nSPS) is 18.9. The van der Waals surface area contributed by atoms with E-state index in [0.717, 1.165) is 0 Å². The zero-order chi connectivity index (χ0) is 13.5. The SMILES string of the molecule is CCCOP(=O)(O)OP(=O)(O)OC(CN)CN. The lowest BCUT2D eigenvalue weighted by Gasteiger charge is -2.19. The summed E-state index contributed by atoms with van der Waals surface area (Å²) in [6.07, 6.45) is -0.504. The van der Waals surface area contributed by atoms with Crippen molar-refractivity contribution < 1.29 is 32.3 Å². The van der Waals surface area contributed by atoms with Crippen LogP contribution >= 0.6 is 15.6 Å². The number of hydrogen-bond donors (Lipinski definition) is 4. The average molecular weight is 292 g/mol. The monoisotopic (exact) mass is 292 g/mol. The fourth-order valence-electron chi connectivity index (χ4n) is 0.751. The largest absolute Gasteiger partial charge is 0.481 e. The molecule has 0 radical (unpaired) electrons. The molecule has 0 spiro atoms. The van der Waals surface area contributed by atoms with Gasteiger partial charge in [0, 0.05) is 13.1 Å². The Morgan fingerprint density at radius 2 is 1.71 bits per heavy atom. The van der Waals surface area contributed by atoms with Gasteiger partial charge in [-0.25, -0.2) is 9.13 Å². The van der Waals surface area contributed by atoms with E-state index in [-0.39, 0.29) is 19.7 Å². The van der Waals surface area contributed by atoms with Crippen molar-refractivity contribution in [1.29, 1.82) is 0 Å². The van der Waals surface area contributed by atoms with Crippen LogP contribution in [0.4, 0.5) is 0 Å². The topological polar surface area (TPSA) is 154 Å². The molecule has 0 amide bonds. The van der Waals surface area contributed by atoms with E-state index in [1.807, 2.05) is 0 Å². The summed E-state index contributed by atoms with van der Waals surface area (Å²) in [5, 5.41) is 0. The Morgan fingerprint density at radius 1 is 1.18 bits per heavy atom. The van der Waals surface area contributed by atoms with Gasteiger partial charge in [0.15, 0.2) is 0 Å². The summed E-state index contributed by atoms with van der Waals surface area (Å²) in [5.41, 5.74) is 10.4. The average Bonchev–Trinajstić information content (AvgIpc) is 2.21. The van der Waals surface area contributed by atoms with Gasteiger partial charge in [0.1, 0.15) is 0 Å². The van der Waals surface area contributed by atoms with Crippen LogP contribution in [0.2, 0.25) is 0 Å². The summed E-state index contributed by atoms with van der Waals surface area (Å²) in [6.45, 7) is 1.34. The van der Waals surface area contributed by atoms with Crippen molar-refractivity contribution in [2.45, 2.75) is 19.4 Å². The molecule has 0 aromatic heterocycles. The van der Waals surface area contributed by atoms with E-state index >= 15 is 0 Å². The molecular formula is C6H18N2O7P2. The van der Waals surface area contributed by atoms with Gasteiger partial charge in [-0.2, -0.15) is 4.31 Å². The molecule has 17 heavy (non-hydrogen) atoms. The maximum absolute atomic E-state index is 11.3. The van der Waals surface area contributed by atoms with Crippen LogP contribution in [-0.4, -0.2) is 35.6 Å². The quantitative estimate of drug-likeness (QED) is 0.427. The molecule has 0 aromatic rings. The molecule has 0 saturated heterocycles. The van der Waals surface area contributed by atoms with Gasteiger partial charge in [0.25, 0.3) is 0 Å². The van der Waals surface area contributed by atoms with Gasteiger partial charge in [-0.05, 0) is 6.42 Å². The first-order valence-electron chi connectivity index (χ1n) is 4.86. The van der Waals surface area contributed by atoms with Crippen molar-refractivity contribution >= 4 is 15.6 Å². The van der Waals surface area contributed by atoms with Gasteiger partial charge < -0.3 is 21.3 Å². The smallest absolute Gasteiger partial charge is 0.328 e. The Bertz CT molecular complexity index is 309. The van der Waals surface area contributed by atoms with Crippen molar-refractivity contribution in [3.63, 3.8) is 0 Å². The second kappa shape index (κ2) is 7.58. The molecule has 0 saturated carbocycles.